The van der Waals surface area contributed by atoms with Crippen LogP contribution in [0.25, 0.3) is 0 Å². The number of methoxy groups -OCH3 is 2. The van der Waals surface area contributed by atoms with Gasteiger partial charge in [-0.15, -0.1) is 0 Å². The Morgan fingerprint density at radius 1 is 1.12 bits per heavy atom. The molecule has 184 valence electrons. The first-order valence-electron chi connectivity index (χ1n) is 11.6. The Balaban J connectivity index is 2.25. The van der Waals surface area contributed by atoms with Gasteiger partial charge in [-0.2, -0.15) is 0 Å². The van der Waals surface area contributed by atoms with Crippen molar-refractivity contribution in [1.82, 2.24) is 4.90 Å². The van der Waals surface area contributed by atoms with Gasteiger partial charge in [-0.1, -0.05) is 61.3 Å². The first-order chi connectivity index (χ1) is 16.1. The van der Waals surface area contributed by atoms with E-state index < -0.39 is 11.4 Å². The van der Waals surface area contributed by atoms with E-state index in [0.717, 1.165) is 11.1 Å². The number of esters is 1. The van der Waals surface area contributed by atoms with Crippen molar-refractivity contribution in [2.24, 2.45) is 5.41 Å². The highest BCUT2D eigenvalue weighted by molar-refractivity contribution is 6.30. The van der Waals surface area contributed by atoms with E-state index in [1.807, 2.05) is 74.2 Å². The number of carbonyl (C=O) groups excluding carboxylic acids is 2. The van der Waals surface area contributed by atoms with Gasteiger partial charge in [-0.05, 0) is 55.2 Å². The summed E-state index contributed by atoms with van der Waals surface area (Å²) < 4.78 is 10.7. The molecule has 5 nitrogen and oxygen atoms in total. The minimum Gasteiger partial charge on any atom is -0.469 e. The van der Waals surface area contributed by atoms with Gasteiger partial charge in [0.1, 0.15) is 0 Å². The molecule has 5 atom stereocenters. The second-order valence-corrected chi connectivity index (χ2v) is 10.2. The van der Waals surface area contributed by atoms with Crippen molar-refractivity contribution in [3.8, 4) is 0 Å². The number of halogens is 2. The molecule has 0 saturated carbocycles. The lowest BCUT2D eigenvalue weighted by atomic mass is 9.67. The van der Waals surface area contributed by atoms with Crippen molar-refractivity contribution >= 4 is 35.1 Å². The largest absolute Gasteiger partial charge is 0.469 e. The van der Waals surface area contributed by atoms with Crippen LogP contribution >= 0.6 is 23.2 Å². The third-order valence-corrected chi connectivity index (χ3v) is 7.53. The molecule has 0 aromatic heterocycles. The number of ether oxygens (including phenoxy) is 2. The topological polar surface area (TPSA) is 55.8 Å². The summed E-state index contributed by atoms with van der Waals surface area (Å²) in [6.45, 7) is 5.88. The molecule has 0 bridgehead atoms. The molecular weight excluding hydrogens is 473 g/mol. The van der Waals surface area contributed by atoms with Crippen LogP contribution in [0.1, 0.15) is 63.1 Å². The normalized spacial score (nSPS) is 24.6. The van der Waals surface area contributed by atoms with E-state index in [1.54, 1.807) is 7.11 Å². The zero-order valence-corrected chi connectivity index (χ0v) is 21.9. The van der Waals surface area contributed by atoms with Crippen LogP contribution in [0.15, 0.2) is 48.5 Å². The standard InChI is InChI=1S/C27H33Cl2NO4/c1-6-23(17(2)33-4)30-25(18-10-12-20(28)13-11-18)22(19-8-7-9-21(29)14-19)15-27(3,26(30)32)16-24(31)34-5/h7-14,17,22-23,25H,6,15-16H2,1-5H3/t17-,22+,23-,25+,27-/m0/s1. The molecule has 0 unspecified atom stereocenters. The zero-order valence-electron chi connectivity index (χ0n) is 20.4. The van der Waals surface area contributed by atoms with Crippen molar-refractivity contribution in [1.29, 1.82) is 0 Å². The van der Waals surface area contributed by atoms with Crippen molar-refractivity contribution in [2.45, 2.75) is 64.1 Å². The first-order valence-corrected chi connectivity index (χ1v) is 12.3. The molecule has 34 heavy (non-hydrogen) atoms. The summed E-state index contributed by atoms with van der Waals surface area (Å²) in [5, 5.41) is 1.26. The molecule has 1 aliphatic heterocycles. The fraction of sp³-hybridized carbons (Fsp3) is 0.481. The van der Waals surface area contributed by atoms with E-state index in [0.29, 0.717) is 22.9 Å². The van der Waals surface area contributed by atoms with Crippen LogP contribution in [-0.2, 0) is 19.1 Å². The Kier molecular flexibility index (Phi) is 8.66. The molecule has 0 spiro atoms. The molecule has 0 aliphatic carbocycles. The number of hydrogen-bond donors (Lipinski definition) is 0. The maximum Gasteiger partial charge on any atom is 0.306 e. The van der Waals surface area contributed by atoms with Gasteiger partial charge < -0.3 is 14.4 Å². The summed E-state index contributed by atoms with van der Waals surface area (Å²) >= 11 is 12.6. The average molecular weight is 506 g/mol. The summed E-state index contributed by atoms with van der Waals surface area (Å²) in [5.74, 6) is -0.587. The summed E-state index contributed by atoms with van der Waals surface area (Å²) in [5.41, 5.74) is 1.05. The summed E-state index contributed by atoms with van der Waals surface area (Å²) in [6.07, 6.45) is 0.968. The van der Waals surface area contributed by atoms with E-state index in [4.69, 9.17) is 32.7 Å². The third kappa shape index (κ3) is 5.42. The molecule has 1 fully saturated rings. The number of hydrogen-bond acceptors (Lipinski definition) is 4. The van der Waals surface area contributed by atoms with Crippen LogP contribution in [0.5, 0.6) is 0 Å². The molecule has 0 N–H and O–H groups in total. The van der Waals surface area contributed by atoms with E-state index >= 15 is 0 Å². The van der Waals surface area contributed by atoms with E-state index in [2.05, 4.69) is 0 Å². The Morgan fingerprint density at radius 3 is 2.35 bits per heavy atom. The highest BCUT2D eigenvalue weighted by Gasteiger charge is 2.53. The summed E-state index contributed by atoms with van der Waals surface area (Å²) in [6, 6.07) is 14.9. The van der Waals surface area contributed by atoms with Crippen LogP contribution in [0, 0.1) is 5.41 Å². The Hall–Kier alpha value is -2.08. The second-order valence-electron chi connectivity index (χ2n) is 9.30. The van der Waals surface area contributed by atoms with Crippen LogP contribution < -0.4 is 0 Å². The molecule has 3 rings (SSSR count). The monoisotopic (exact) mass is 505 g/mol. The lowest BCUT2D eigenvalue weighted by molar-refractivity contribution is -0.164. The first kappa shape index (κ1) is 26.5. The quantitative estimate of drug-likeness (QED) is 0.387. The highest BCUT2D eigenvalue weighted by atomic mass is 35.5. The third-order valence-electron chi connectivity index (χ3n) is 7.04. The van der Waals surface area contributed by atoms with Crippen molar-refractivity contribution in [3.63, 3.8) is 0 Å². The molecule has 2 aromatic carbocycles. The zero-order chi connectivity index (χ0) is 25.0. The number of rotatable bonds is 8. The predicted molar refractivity (Wildman–Crippen MR) is 135 cm³/mol. The lowest BCUT2D eigenvalue weighted by Gasteiger charge is -2.52. The Bertz CT molecular complexity index is 1010. The van der Waals surface area contributed by atoms with Crippen LogP contribution in [0.4, 0.5) is 0 Å². The van der Waals surface area contributed by atoms with Crippen LogP contribution in [0.3, 0.4) is 0 Å². The molecular formula is C27H33Cl2NO4. The van der Waals surface area contributed by atoms with E-state index in [-0.39, 0.29) is 36.4 Å². The highest BCUT2D eigenvalue weighted by Crippen LogP contribution is 2.52. The maximum absolute atomic E-state index is 14.2. The number of likely N-dealkylation sites (tertiary alicyclic amines) is 1. The number of nitrogens with zero attached hydrogens (tertiary/aromatic N) is 1. The van der Waals surface area contributed by atoms with Crippen molar-refractivity contribution in [2.75, 3.05) is 14.2 Å². The van der Waals surface area contributed by atoms with Gasteiger partial charge in [0, 0.05) is 23.1 Å². The smallest absolute Gasteiger partial charge is 0.306 e. The lowest BCUT2D eigenvalue weighted by Crippen LogP contribution is -2.58. The Morgan fingerprint density at radius 2 is 1.79 bits per heavy atom. The van der Waals surface area contributed by atoms with Crippen LogP contribution in [-0.4, -0.2) is 43.1 Å². The van der Waals surface area contributed by atoms with Gasteiger partial charge in [0.2, 0.25) is 5.91 Å². The number of amides is 1. The summed E-state index contributed by atoms with van der Waals surface area (Å²) in [7, 11) is 3.00. The van der Waals surface area contributed by atoms with E-state index in [1.165, 1.54) is 7.11 Å². The molecule has 1 saturated heterocycles. The number of carbonyl (C=O) groups is 2. The van der Waals surface area contributed by atoms with Gasteiger partial charge >= 0.3 is 5.97 Å². The fourth-order valence-electron chi connectivity index (χ4n) is 5.21. The SMILES string of the molecule is CC[C@@H]([C@H](C)OC)N1C(=O)[C@](C)(CC(=O)OC)C[C@H](c2cccc(Cl)c2)[C@H]1c1ccc(Cl)cc1. The molecule has 0 radical (unpaired) electrons. The minimum absolute atomic E-state index is 0.00103. The second kappa shape index (κ2) is 11.1. The van der Waals surface area contributed by atoms with E-state index in [9.17, 15) is 9.59 Å². The number of benzene rings is 2. The molecule has 1 aliphatic rings. The molecule has 7 heteroatoms. The van der Waals surface area contributed by atoms with Gasteiger partial charge in [0.15, 0.2) is 0 Å². The minimum atomic E-state index is -0.941. The average Bonchev–Trinajstić information content (AvgIpc) is 2.82. The number of piperidine rings is 1. The summed E-state index contributed by atoms with van der Waals surface area (Å²) in [4.78, 5) is 28.6. The van der Waals surface area contributed by atoms with Gasteiger partial charge in [-0.25, -0.2) is 0 Å². The van der Waals surface area contributed by atoms with Gasteiger partial charge in [0.25, 0.3) is 0 Å². The van der Waals surface area contributed by atoms with Gasteiger partial charge in [-0.3, -0.25) is 9.59 Å². The molecule has 2 aromatic rings. The Labute approximate surface area is 212 Å². The molecule has 1 amide bonds. The van der Waals surface area contributed by atoms with Crippen LogP contribution in [0.2, 0.25) is 10.0 Å². The predicted octanol–water partition coefficient (Wildman–Crippen LogP) is 6.43. The maximum atomic E-state index is 14.2. The fourth-order valence-corrected chi connectivity index (χ4v) is 5.54. The van der Waals surface area contributed by atoms with Gasteiger partial charge in [0.05, 0.1) is 37.1 Å². The van der Waals surface area contributed by atoms with Crippen molar-refractivity contribution in [3.05, 3.63) is 69.7 Å². The molecule has 1 heterocycles. The van der Waals surface area contributed by atoms with Crippen molar-refractivity contribution < 1.29 is 19.1 Å².